The maximum atomic E-state index is 5.16. The molecule has 0 aliphatic heterocycles. The lowest BCUT2D eigenvalue weighted by Gasteiger charge is -2.19. The molecule has 0 radical (unpaired) electrons. The zero-order valence-corrected chi connectivity index (χ0v) is 14.7. The highest BCUT2D eigenvalue weighted by Crippen LogP contribution is 2.23. The number of aryl methyl sites for hydroxylation is 1. The Bertz CT molecular complexity index is 817. The number of H-pyrrole nitrogens is 1. The summed E-state index contributed by atoms with van der Waals surface area (Å²) in [6.07, 6.45) is 0. The van der Waals surface area contributed by atoms with E-state index in [1.54, 1.807) is 7.11 Å². The van der Waals surface area contributed by atoms with Crippen LogP contribution in [0.5, 0.6) is 0 Å². The van der Waals surface area contributed by atoms with Crippen LogP contribution in [0.2, 0.25) is 0 Å². The lowest BCUT2D eigenvalue weighted by molar-refractivity contribution is 0.206. The molecule has 0 saturated heterocycles. The molecule has 2 heterocycles. The molecular formula is C18H22N6O. The first-order valence-corrected chi connectivity index (χ1v) is 8.09. The van der Waals surface area contributed by atoms with Crippen molar-refractivity contribution < 1.29 is 4.74 Å². The minimum Gasteiger partial charge on any atom is -0.383 e. The first-order valence-electron chi connectivity index (χ1n) is 8.09. The van der Waals surface area contributed by atoms with Crippen molar-refractivity contribution in [1.82, 2.24) is 20.2 Å². The standard InChI is InChI=1S/C18H22N6O/c1-13-11-16(23-22-13)19-15-12-17(24(2)9-10-25-3)21-18(20-15)14-7-5-4-6-8-14/h4-8,11-12H,9-10H2,1-3H3,(H2,19,20,21,22,23). The second-order valence-electron chi connectivity index (χ2n) is 5.78. The average molecular weight is 338 g/mol. The third-order valence-electron chi connectivity index (χ3n) is 3.73. The zero-order chi connectivity index (χ0) is 17.6. The number of aromatic amines is 1. The molecule has 3 aromatic rings. The van der Waals surface area contributed by atoms with E-state index in [1.165, 1.54) is 0 Å². The molecule has 0 spiro atoms. The fourth-order valence-corrected chi connectivity index (χ4v) is 2.37. The summed E-state index contributed by atoms with van der Waals surface area (Å²) in [6, 6.07) is 13.8. The van der Waals surface area contributed by atoms with E-state index in [0.29, 0.717) is 18.2 Å². The van der Waals surface area contributed by atoms with E-state index < -0.39 is 0 Å². The van der Waals surface area contributed by atoms with Crippen molar-refractivity contribution >= 4 is 17.5 Å². The van der Waals surface area contributed by atoms with Crippen LogP contribution < -0.4 is 10.2 Å². The number of likely N-dealkylation sites (N-methyl/N-ethyl adjacent to an activating group) is 1. The second kappa shape index (κ2) is 7.76. The number of anilines is 3. The van der Waals surface area contributed by atoms with Crippen molar-refractivity contribution in [3.63, 3.8) is 0 Å². The van der Waals surface area contributed by atoms with Crippen molar-refractivity contribution in [2.75, 3.05) is 37.5 Å². The van der Waals surface area contributed by atoms with Crippen LogP contribution in [0, 0.1) is 6.92 Å². The van der Waals surface area contributed by atoms with Gasteiger partial charge in [-0.25, -0.2) is 9.97 Å². The maximum absolute atomic E-state index is 5.16. The van der Waals surface area contributed by atoms with Crippen molar-refractivity contribution in [3.05, 3.63) is 48.2 Å². The van der Waals surface area contributed by atoms with Gasteiger partial charge in [0.15, 0.2) is 11.6 Å². The number of rotatable bonds is 7. The molecule has 130 valence electrons. The van der Waals surface area contributed by atoms with Gasteiger partial charge < -0.3 is 15.0 Å². The molecule has 0 aliphatic carbocycles. The van der Waals surface area contributed by atoms with Crippen molar-refractivity contribution in [1.29, 1.82) is 0 Å². The third-order valence-corrected chi connectivity index (χ3v) is 3.73. The van der Waals surface area contributed by atoms with Crippen molar-refractivity contribution in [2.24, 2.45) is 0 Å². The van der Waals surface area contributed by atoms with Gasteiger partial charge in [-0.05, 0) is 6.92 Å². The number of hydrogen-bond acceptors (Lipinski definition) is 6. The molecule has 0 aliphatic rings. The van der Waals surface area contributed by atoms with Crippen molar-refractivity contribution in [3.8, 4) is 11.4 Å². The average Bonchev–Trinajstić information content (AvgIpc) is 3.04. The zero-order valence-electron chi connectivity index (χ0n) is 14.7. The van der Waals surface area contributed by atoms with E-state index >= 15 is 0 Å². The van der Waals surface area contributed by atoms with Crippen LogP contribution in [0.1, 0.15) is 5.69 Å². The van der Waals surface area contributed by atoms with Gasteiger partial charge in [-0.2, -0.15) is 5.10 Å². The van der Waals surface area contributed by atoms with Gasteiger partial charge in [0.25, 0.3) is 0 Å². The second-order valence-corrected chi connectivity index (χ2v) is 5.78. The Kier molecular flexibility index (Phi) is 5.25. The molecule has 0 atom stereocenters. The van der Waals surface area contributed by atoms with Crippen LogP contribution in [0.15, 0.2) is 42.5 Å². The first-order chi connectivity index (χ1) is 12.2. The van der Waals surface area contributed by atoms with E-state index in [2.05, 4.69) is 20.5 Å². The normalized spacial score (nSPS) is 10.7. The highest BCUT2D eigenvalue weighted by Gasteiger charge is 2.11. The van der Waals surface area contributed by atoms with Gasteiger partial charge in [0.05, 0.1) is 6.61 Å². The summed E-state index contributed by atoms with van der Waals surface area (Å²) in [5, 5.41) is 10.4. The van der Waals surface area contributed by atoms with Crippen molar-refractivity contribution in [2.45, 2.75) is 6.92 Å². The van der Waals surface area contributed by atoms with Crippen LogP contribution in [0.25, 0.3) is 11.4 Å². The van der Waals surface area contributed by atoms with Crippen LogP contribution >= 0.6 is 0 Å². The highest BCUT2D eigenvalue weighted by atomic mass is 16.5. The Hall–Kier alpha value is -2.93. The summed E-state index contributed by atoms with van der Waals surface area (Å²) < 4.78 is 5.16. The predicted molar refractivity (Wildman–Crippen MR) is 99.2 cm³/mol. The molecule has 2 N–H and O–H groups in total. The molecule has 25 heavy (non-hydrogen) atoms. The molecule has 0 bridgehead atoms. The molecule has 7 heteroatoms. The SMILES string of the molecule is COCCN(C)c1cc(Nc2cc(C)[nH]n2)nc(-c2ccccc2)n1. The highest BCUT2D eigenvalue weighted by molar-refractivity contribution is 5.64. The fourth-order valence-electron chi connectivity index (χ4n) is 2.37. The Morgan fingerprint density at radius 2 is 1.92 bits per heavy atom. The number of hydrogen-bond donors (Lipinski definition) is 2. The van der Waals surface area contributed by atoms with Gasteiger partial charge in [-0.15, -0.1) is 0 Å². The maximum Gasteiger partial charge on any atom is 0.163 e. The Morgan fingerprint density at radius 1 is 1.12 bits per heavy atom. The van der Waals surface area contributed by atoms with E-state index in [-0.39, 0.29) is 0 Å². The molecule has 3 rings (SSSR count). The number of ether oxygens (including phenoxy) is 1. The molecule has 0 saturated carbocycles. The molecule has 2 aromatic heterocycles. The molecule has 0 unspecified atom stereocenters. The van der Waals surface area contributed by atoms with Crippen LogP contribution in [0.3, 0.4) is 0 Å². The molecular weight excluding hydrogens is 316 g/mol. The van der Waals surface area contributed by atoms with Gasteiger partial charge >= 0.3 is 0 Å². The number of nitrogens with one attached hydrogen (secondary N) is 2. The predicted octanol–water partition coefficient (Wildman–Crippen LogP) is 3.00. The smallest absolute Gasteiger partial charge is 0.163 e. The monoisotopic (exact) mass is 338 g/mol. The summed E-state index contributed by atoms with van der Waals surface area (Å²) in [4.78, 5) is 11.4. The number of nitrogens with zero attached hydrogens (tertiary/aromatic N) is 4. The van der Waals surface area contributed by atoms with Gasteiger partial charge in [-0.3, -0.25) is 5.10 Å². The topological polar surface area (TPSA) is 79.0 Å². The van der Waals surface area contributed by atoms with Crippen LogP contribution in [-0.4, -0.2) is 47.5 Å². The lowest BCUT2D eigenvalue weighted by atomic mass is 10.2. The summed E-state index contributed by atoms with van der Waals surface area (Å²) in [5.41, 5.74) is 1.95. The third kappa shape index (κ3) is 4.33. The largest absolute Gasteiger partial charge is 0.383 e. The molecule has 0 amide bonds. The number of aromatic nitrogens is 4. The van der Waals surface area contributed by atoms with Gasteiger partial charge in [0.2, 0.25) is 0 Å². The van der Waals surface area contributed by atoms with E-state index in [4.69, 9.17) is 9.72 Å². The van der Waals surface area contributed by atoms with Crippen LogP contribution in [0.4, 0.5) is 17.5 Å². The Balaban J connectivity index is 1.95. The van der Waals surface area contributed by atoms with Gasteiger partial charge in [-0.1, -0.05) is 30.3 Å². The minimum atomic E-state index is 0.627. The van der Waals surface area contributed by atoms with Crippen LogP contribution in [-0.2, 0) is 4.74 Å². The summed E-state index contributed by atoms with van der Waals surface area (Å²) in [7, 11) is 3.68. The quantitative estimate of drug-likeness (QED) is 0.689. The van der Waals surface area contributed by atoms with Gasteiger partial charge in [0.1, 0.15) is 11.6 Å². The summed E-state index contributed by atoms with van der Waals surface area (Å²) in [6.45, 7) is 3.32. The molecule has 1 aromatic carbocycles. The molecule has 7 nitrogen and oxygen atoms in total. The van der Waals surface area contributed by atoms with Gasteiger partial charge in [0, 0.05) is 44.1 Å². The van der Waals surface area contributed by atoms with E-state index in [9.17, 15) is 0 Å². The first kappa shape index (κ1) is 16.9. The number of methoxy groups -OCH3 is 1. The summed E-state index contributed by atoms with van der Waals surface area (Å²) >= 11 is 0. The Morgan fingerprint density at radius 3 is 2.60 bits per heavy atom. The number of benzene rings is 1. The minimum absolute atomic E-state index is 0.627. The van der Waals surface area contributed by atoms with E-state index in [0.717, 1.165) is 29.4 Å². The van der Waals surface area contributed by atoms with E-state index in [1.807, 2.05) is 61.3 Å². The molecule has 0 fully saturated rings. The lowest BCUT2D eigenvalue weighted by Crippen LogP contribution is -2.23. The fraction of sp³-hybridized carbons (Fsp3) is 0.278. The summed E-state index contributed by atoms with van der Waals surface area (Å²) in [5.74, 6) is 2.90. The Labute approximate surface area is 147 Å².